The lowest BCUT2D eigenvalue weighted by Gasteiger charge is -2.21. The third-order valence-corrected chi connectivity index (χ3v) is 5.17. The monoisotopic (exact) mass is 455 g/mol. The van der Waals surface area contributed by atoms with E-state index in [0.717, 1.165) is 16.8 Å². The van der Waals surface area contributed by atoms with Crippen LogP contribution in [0.5, 0.6) is 0 Å². The molecule has 8 heteroatoms. The second-order valence-corrected chi connectivity index (χ2v) is 8.72. The van der Waals surface area contributed by atoms with Crippen LogP contribution in [0.25, 0.3) is 11.3 Å². The van der Waals surface area contributed by atoms with E-state index in [1.165, 1.54) is 7.11 Å². The zero-order valence-corrected chi connectivity index (χ0v) is 20.7. The lowest BCUT2D eigenvalue weighted by molar-refractivity contribution is -0.0700. The second-order valence-electron chi connectivity index (χ2n) is 8.72. The number of carbonyl (C=O) groups excluding carboxylic acids is 1. The van der Waals surface area contributed by atoms with E-state index in [-0.39, 0.29) is 24.4 Å². The molecule has 0 saturated carbocycles. The summed E-state index contributed by atoms with van der Waals surface area (Å²) in [6.07, 6.45) is -1.90. The van der Waals surface area contributed by atoms with Crippen molar-refractivity contribution in [1.82, 2.24) is 9.78 Å². The van der Waals surface area contributed by atoms with Crippen LogP contribution in [0, 0.1) is 25.2 Å². The van der Waals surface area contributed by atoms with E-state index in [0.29, 0.717) is 16.8 Å². The summed E-state index contributed by atoms with van der Waals surface area (Å²) in [5.41, 5.74) is 4.43. The maximum atomic E-state index is 11.9. The zero-order valence-electron chi connectivity index (χ0n) is 20.7. The third kappa shape index (κ3) is 6.59. The average molecular weight is 456 g/mol. The number of allylic oxidation sites excluding steroid dienone is 1. The Morgan fingerprint density at radius 3 is 2.27 bits per heavy atom. The second kappa shape index (κ2) is 11.0. The number of ether oxygens (including phenoxy) is 4. The standard InChI is InChI=1S/C25H33N3O5/c1-16-17(2)27-28(7)22(16)23(32-18(3)33-24(29)31-14-13-30-8)21(15-26)19-9-11-20(12-10-19)25(4,5)6/h9-12,18H,13-14H2,1-8H3/b23-21-. The molecule has 0 N–H and O–H groups in total. The van der Waals surface area contributed by atoms with E-state index in [4.69, 9.17) is 18.9 Å². The minimum atomic E-state index is -1.01. The summed E-state index contributed by atoms with van der Waals surface area (Å²) in [6, 6.07) is 10.1. The number of benzene rings is 1. The first-order chi connectivity index (χ1) is 15.5. The average Bonchev–Trinajstić information content (AvgIpc) is 2.99. The molecule has 33 heavy (non-hydrogen) atoms. The Labute approximate surface area is 195 Å². The molecule has 2 aromatic rings. The maximum absolute atomic E-state index is 11.9. The molecule has 1 aromatic carbocycles. The summed E-state index contributed by atoms with van der Waals surface area (Å²) in [7, 11) is 3.29. The van der Waals surface area contributed by atoms with Crippen LogP contribution >= 0.6 is 0 Å². The normalized spacial score (nSPS) is 13.1. The summed E-state index contributed by atoms with van der Waals surface area (Å²) >= 11 is 0. The molecule has 1 heterocycles. The van der Waals surface area contributed by atoms with Gasteiger partial charge in [0.05, 0.1) is 12.3 Å². The lowest BCUT2D eigenvalue weighted by Crippen LogP contribution is -2.21. The van der Waals surface area contributed by atoms with Crippen LogP contribution in [0.2, 0.25) is 0 Å². The number of aryl methyl sites for hydroxylation is 2. The van der Waals surface area contributed by atoms with Gasteiger partial charge in [0.25, 0.3) is 0 Å². The van der Waals surface area contributed by atoms with Crippen molar-refractivity contribution < 1.29 is 23.7 Å². The van der Waals surface area contributed by atoms with Gasteiger partial charge in [-0.1, -0.05) is 45.0 Å². The molecule has 0 aliphatic rings. The molecule has 8 nitrogen and oxygen atoms in total. The van der Waals surface area contributed by atoms with Gasteiger partial charge in [0.2, 0.25) is 6.29 Å². The van der Waals surface area contributed by atoms with Gasteiger partial charge < -0.3 is 18.9 Å². The number of methoxy groups -OCH3 is 1. The van der Waals surface area contributed by atoms with Crippen LogP contribution in [0.3, 0.4) is 0 Å². The molecule has 0 bridgehead atoms. The number of nitriles is 1. The molecule has 2 rings (SSSR count). The molecule has 178 valence electrons. The fourth-order valence-corrected chi connectivity index (χ4v) is 3.27. The molecular formula is C25H33N3O5. The van der Waals surface area contributed by atoms with Crippen molar-refractivity contribution in [2.45, 2.75) is 53.2 Å². The Hall–Kier alpha value is -3.31. The van der Waals surface area contributed by atoms with Crippen molar-refractivity contribution in [2.24, 2.45) is 7.05 Å². The molecule has 1 atom stereocenters. The van der Waals surface area contributed by atoms with E-state index in [9.17, 15) is 10.1 Å². The van der Waals surface area contributed by atoms with Gasteiger partial charge in [-0.25, -0.2) is 4.79 Å². The van der Waals surface area contributed by atoms with Crippen LogP contribution < -0.4 is 0 Å². The van der Waals surface area contributed by atoms with Crippen LogP contribution in [-0.2, 0) is 31.4 Å². The fraction of sp³-hybridized carbons (Fsp3) is 0.480. The van der Waals surface area contributed by atoms with Crippen molar-refractivity contribution in [3.05, 3.63) is 52.3 Å². The molecule has 1 aromatic heterocycles. The van der Waals surface area contributed by atoms with Crippen LogP contribution in [0.15, 0.2) is 24.3 Å². The summed E-state index contributed by atoms with van der Waals surface area (Å²) in [4.78, 5) is 11.9. The minimum Gasteiger partial charge on any atom is -0.451 e. The Balaban J connectivity index is 2.48. The van der Waals surface area contributed by atoms with Gasteiger partial charge in [-0.2, -0.15) is 10.4 Å². The molecule has 0 aliphatic heterocycles. The van der Waals surface area contributed by atoms with Crippen LogP contribution in [0.1, 0.15) is 55.8 Å². The highest BCUT2D eigenvalue weighted by atomic mass is 16.8. The maximum Gasteiger partial charge on any atom is 0.511 e. The Kier molecular flexibility index (Phi) is 8.66. The third-order valence-electron chi connectivity index (χ3n) is 5.17. The number of rotatable bonds is 8. The molecule has 0 spiro atoms. The first-order valence-corrected chi connectivity index (χ1v) is 10.7. The van der Waals surface area contributed by atoms with Gasteiger partial charge in [-0.15, -0.1) is 0 Å². The predicted octanol–water partition coefficient (Wildman–Crippen LogP) is 4.89. The SMILES string of the molecule is COCCOC(=O)OC(C)O/C(=C(/C#N)c1ccc(C(C)(C)C)cc1)c1c(C)c(C)nn1C. The van der Waals surface area contributed by atoms with Crippen molar-refractivity contribution in [1.29, 1.82) is 5.26 Å². The van der Waals surface area contributed by atoms with Gasteiger partial charge in [0, 0.05) is 26.6 Å². The number of nitrogens with zero attached hydrogens (tertiary/aromatic N) is 3. The molecule has 0 fully saturated rings. The lowest BCUT2D eigenvalue weighted by atomic mass is 9.86. The Morgan fingerprint density at radius 1 is 1.15 bits per heavy atom. The van der Waals surface area contributed by atoms with Gasteiger partial charge >= 0.3 is 6.16 Å². The van der Waals surface area contributed by atoms with Gasteiger partial charge in [-0.05, 0) is 30.4 Å². The van der Waals surface area contributed by atoms with Gasteiger partial charge in [0.15, 0.2) is 5.76 Å². The first kappa shape index (κ1) is 25.9. The number of carbonyl (C=O) groups is 1. The molecule has 0 aliphatic carbocycles. The highest BCUT2D eigenvalue weighted by Gasteiger charge is 2.25. The van der Waals surface area contributed by atoms with Gasteiger partial charge in [0.1, 0.15) is 23.9 Å². The number of hydrogen-bond donors (Lipinski definition) is 0. The van der Waals surface area contributed by atoms with Crippen molar-refractivity contribution >= 4 is 17.5 Å². The Bertz CT molecular complexity index is 1040. The number of aromatic nitrogens is 2. The van der Waals surface area contributed by atoms with E-state index >= 15 is 0 Å². The van der Waals surface area contributed by atoms with E-state index in [1.807, 2.05) is 38.1 Å². The largest absolute Gasteiger partial charge is 0.511 e. The van der Waals surface area contributed by atoms with E-state index in [2.05, 4.69) is 31.9 Å². The summed E-state index contributed by atoms with van der Waals surface area (Å²) in [6.45, 7) is 12.1. The smallest absolute Gasteiger partial charge is 0.451 e. The zero-order chi connectivity index (χ0) is 24.8. The Morgan fingerprint density at radius 2 is 1.79 bits per heavy atom. The minimum absolute atomic E-state index is 0.0182. The molecule has 0 radical (unpaired) electrons. The highest BCUT2D eigenvalue weighted by Crippen LogP contribution is 2.32. The van der Waals surface area contributed by atoms with Crippen molar-refractivity contribution in [3.8, 4) is 6.07 Å². The van der Waals surface area contributed by atoms with Crippen LogP contribution in [0.4, 0.5) is 4.79 Å². The van der Waals surface area contributed by atoms with Gasteiger partial charge in [-0.3, -0.25) is 4.68 Å². The summed E-state index contributed by atoms with van der Waals surface area (Å²) in [5, 5.41) is 14.6. The quantitative estimate of drug-likeness (QED) is 0.184. The number of hydrogen-bond acceptors (Lipinski definition) is 7. The summed E-state index contributed by atoms with van der Waals surface area (Å²) < 4.78 is 22.7. The predicted molar refractivity (Wildman–Crippen MR) is 125 cm³/mol. The first-order valence-electron chi connectivity index (χ1n) is 10.7. The molecule has 0 amide bonds. The van der Waals surface area contributed by atoms with Crippen molar-refractivity contribution in [2.75, 3.05) is 20.3 Å². The van der Waals surface area contributed by atoms with E-state index in [1.54, 1.807) is 18.7 Å². The van der Waals surface area contributed by atoms with Crippen LogP contribution in [-0.4, -0.2) is 42.5 Å². The molecule has 0 saturated heterocycles. The summed E-state index contributed by atoms with van der Waals surface area (Å²) in [5.74, 6) is 0.277. The molecular weight excluding hydrogens is 422 g/mol. The topological polar surface area (TPSA) is 95.6 Å². The van der Waals surface area contributed by atoms with E-state index < -0.39 is 12.4 Å². The fourth-order valence-electron chi connectivity index (χ4n) is 3.27. The van der Waals surface area contributed by atoms with Crippen molar-refractivity contribution in [3.63, 3.8) is 0 Å². The molecule has 1 unspecified atom stereocenters. The highest BCUT2D eigenvalue weighted by molar-refractivity contribution is 5.94.